The van der Waals surface area contributed by atoms with Crippen LogP contribution in [0.5, 0.6) is 0 Å². The van der Waals surface area contributed by atoms with E-state index in [1.54, 1.807) is 11.3 Å². The molecule has 25 heavy (non-hydrogen) atoms. The van der Waals surface area contributed by atoms with E-state index in [1.807, 2.05) is 41.6 Å². The number of carbonyl (C=O) groups is 2. The SMILES string of the molecule is CNCCC1CCN(C(=O)CCC(=O)c2csc3ccccc23)CC1. The molecular formula is C20H26N2O2S. The van der Waals surface area contributed by atoms with Crippen LogP contribution < -0.4 is 5.32 Å². The van der Waals surface area contributed by atoms with Crippen LogP contribution in [0, 0.1) is 5.92 Å². The summed E-state index contributed by atoms with van der Waals surface area (Å²) in [6.07, 6.45) is 3.97. The van der Waals surface area contributed by atoms with Gasteiger partial charge in [0.25, 0.3) is 0 Å². The Balaban J connectivity index is 1.48. The fourth-order valence-electron chi connectivity index (χ4n) is 3.53. The summed E-state index contributed by atoms with van der Waals surface area (Å²) in [4.78, 5) is 26.9. The number of amides is 1. The molecule has 1 aliphatic heterocycles. The molecule has 1 N–H and O–H groups in total. The van der Waals surface area contributed by atoms with Crippen LogP contribution in [0.1, 0.15) is 42.5 Å². The fraction of sp³-hybridized carbons (Fsp3) is 0.500. The highest BCUT2D eigenvalue weighted by atomic mass is 32.1. The molecule has 4 nitrogen and oxygen atoms in total. The van der Waals surface area contributed by atoms with Gasteiger partial charge in [-0.3, -0.25) is 9.59 Å². The van der Waals surface area contributed by atoms with Crippen LogP contribution in [0.15, 0.2) is 29.6 Å². The summed E-state index contributed by atoms with van der Waals surface area (Å²) in [6, 6.07) is 7.95. The number of nitrogens with zero attached hydrogens (tertiary/aromatic N) is 1. The first-order valence-electron chi connectivity index (χ1n) is 9.11. The Hall–Kier alpha value is -1.72. The topological polar surface area (TPSA) is 49.4 Å². The van der Waals surface area contributed by atoms with Crippen LogP contribution in [0.3, 0.4) is 0 Å². The van der Waals surface area contributed by atoms with E-state index in [1.165, 1.54) is 6.42 Å². The smallest absolute Gasteiger partial charge is 0.223 e. The Labute approximate surface area is 153 Å². The molecule has 1 fully saturated rings. The number of carbonyl (C=O) groups excluding carboxylic acids is 2. The van der Waals surface area contributed by atoms with Crippen LogP contribution >= 0.6 is 11.3 Å². The van der Waals surface area contributed by atoms with Gasteiger partial charge in [0, 0.05) is 47.0 Å². The van der Waals surface area contributed by atoms with Crippen molar-refractivity contribution in [3.63, 3.8) is 0 Å². The van der Waals surface area contributed by atoms with Crippen LogP contribution in [0.4, 0.5) is 0 Å². The maximum Gasteiger partial charge on any atom is 0.223 e. The largest absolute Gasteiger partial charge is 0.343 e. The van der Waals surface area contributed by atoms with Gasteiger partial charge in [-0.25, -0.2) is 0 Å². The second kappa shape index (κ2) is 8.59. The highest BCUT2D eigenvalue weighted by molar-refractivity contribution is 7.17. The lowest BCUT2D eigenvalue weighted by Gasteiger charge is -2.32. The minimum atomic E-state index is 0.0784. The van der Waals surface area contributed by atoms with Gasteiger partial charge in [0.2, 0.25) is 5.91 Å². The molecule has 2 aromatic rings. The molecule has 0 aliphatic carbocycles. The Kier molecular flexibility index (Phi) is 6.21. The number of Topliss-reactive ketones (excluding diaryl/α,β-unsaturated/α-hetero) is 1. The third-order valence-electron chi connectivity index (χ3n) is 5.12. The number of nitrogens with one attached hydrogen (secondary N) is 1. The van der Waals surface area contributed by atoms with Crippen molar-refractivity contribution >= 4 is 33.1 Å². The van der Waals surface area contributed by atoms with Crippen molar-refractivity contribution in [2.24, 2.45) is 5.92 Å². The lowest BCUT2D eigenvalue weighted by atomic mass is 9.93. The number of rotatable bonds is 7. The average Bonchev–Trinajstić information content (AvgIpc) is 3.09. The predicted molar refractivity (Wildman–Crippen MR) is 103 cm³/mol. The quantitative estimate of drug-likeness (QED) is 0.768. The zero-order chi connectivity index (χ0) is 17.6. The third-order valence-corrected chi connectivity index (χ3v) is 6.08. The van der Waals surface area contributed by atoms with Crippen LogP contribution in [0.2, 0.25) is 0 Å². The first-order chi connectivity index (χ1) is 12.2. The summed E-state index contributed by atoms with van der Waals surface area (Å²) in [5, 5.41) is 6.12. The first-order valence-corrected chi connectivity index (χ1v) is 9.99. The average molecular weight is 359 g/mol. The highest BCUT2D eigenvalue weighted by Gasteiger charge is 2.23. The summed E-state index contributed by atoms with van der Waals surface area (Å²) in [5.41, 5.74) is 0.763. The Bertz CT molecular complexity index is 732. The molecule has 2 heterocycles. The molecule has 0 spiro atoms. The zero-order valence-electron chi connectivity index (χ0n) is 14.8. The van der Waals surface area contributed by atoms with Gasteiger partial charge in [-0.15, -0.1) is 11.3 Å². The third kappa shape index (κ3) is 4.47. The fourth-order valence-corrected chi connectivity index (χ4v) is 4.49. The molecule has 1 aromatic heterocycles. The number of hydrogen-bond acceptors (Lipinski definition) is 4. The van der Waals surface area contributed by atoms with Gasteiger partial charge in [0.1, 0.15) is 0 Å². The summed E-state index contributed by atoms with van der Waals surface area (Å²) in [7, 11) is 1.98. The standard InChI is InChI=1S/C20H26N2O2S/c1-21-11-8-15-9-12-22(13-10-15)20(24)7-6-18(23)17-14-25-19-5-3-2-4-16(17)19/h2-5,14-15,21H,6-13H2,1H3. The second-order valence-corrected chi connectivity index (χ2v) is 7.70. The predicted octanol–water partition coefficient (Wildman–Crippen LogP) is 3.71. The summed E-state index contributed by atoms with van der Waals surface area (Å²) in [5.74, 6) is 0.921. The minimum Gasteiger partial charge on any atom is -0.343 e. The Morgan fingerprint density at radius 2 is 1.96 bits per heavy atom. The van der Waals surface area contributed by atoms with E-state index < -0.39 is 0 Å². The van der Waals surface area contributed by atoms with Crippen molar-refractivity contribution in [3.05, 3.63) is 35.2 Å². The van der Waals surface area contributed by atoms with E-state index in [4.69, 9.17) is 0 Å². The molecule has 1 aliphatic rings. The molecule has 0 radical (unpaired) electrons. The molecule has 134 valence electrons. The first kappa shape index (κ1) is 18.1. The number of piperidine rings is 1. The lowest BCUT2D eigenvalue weighted by Crippen LogP contribution is -2.39. The van der Waals surface area contributed by atoms with Gasteiger partial charge < -0.3 is 10.2 Å². The summed E-state index contributed by atoms with van der Waals surface area (Å²) < 4.78 is 1.13. The van der Waals surface area contributed by atoms with E-state index in [0.29, 0.717) is 12.8 Å². The maximum atomic E-state index is 12.5. The van der Waals surface area contributed by atoms with Crippen molar-refractivity contribution in [1.82, 2.24) is 10.2 Å². The van der Waals surface area contributed by atoms with Gasteiger partial charge in [0.15, 0.2) is 5.78 Å². The minimum absolute atomic E-state index is 0.0784. The number of benzene rings is 1. The van der Waals surface area contributed by atoms with Crippen molar-refractivity contribution in [1.29, 1.82) is 0 Å². The number of likely N-dealkylation sites (tertiary alicyclic amines) is 1. The molecule has 0 saturated carbocycles. The van der Waals surface area contributed by atoms with Gasteiger partial charge >= 0.3 is 0 Å². The normalized spacial score (nSPS) is 15.6. The number of fused-ring (bicyclic) bond motifs is 1. The van der Waals surface area contributed by atoms with Gasteiger partial charge in [-0.2, -0.15) is 0 Å². The number of hydrogen-bond donors (Lipinski definition) is 1. The van der Waals surface area contributed by atoms with Crippen molar-refractivity contribution in [2.45, 2.75) is 32.1 Å². The van der Waals surface area contributed by atoms with E-state index in [9.17, 15) is 9.59 Å². The van der Waals surface area contributed by atoms with Crippen LogP contribution in [-0.4, -0.2) is 43.3 Å². The summed E-state index contributed by atoms with van der Waals surface area (Å²) >= 11 is 1.59. The maximum absolute atomic E-state index is 12.5. The van der Waals surface area contributed by atoms with Gasteiger partial charge in [0.05, 0.1) is 0 Å². The van der Waals surface area contributed by atoms with Crippen LogP contribution in [-0.2, 0) is 4.79 Å². The molecule has 0 bridgehead atoms. The van der Waals surface area contributed by atoms with Crippen molar-refractivity contribution in [2.75, 3.05) is 26.7 Å². The Morgan fingerprint density at radius 1 is 1.20 bits per heavy atom. The molecule has 1 saturated heterocycles. The molecular weight excluding hydrogens is 332 g/mol. The molecule has 0 atom stereocenters. The molecule has 1 aromatic carbocycles. The number of ketones is 1. The zero-order valence-corrected chi connectivity index (χ0v) is 15.6. The molecule has 0 unspecified atom stereocenters. The van der Waals surface area contributed by atoms with E-state index >= 15 is 0 Å². The van der Waals surface area contributed by atoms with E-state index in [-0.39, 0.29) is 11.7 Å². The monoisotopic (exact) mass is 358 g/mol. The lowest BCUT2D eigenvalue weighted by molar-refractivity contribution is -0.132. The second-order valence-electron chi connectivity index (χ2n) is 6.79. The van der Waals surface area contributed by atoms with Crippen molar-refractivity contribution < 1.29 is 9.59 Å². The highest BCUT2D eigenvalue weighted by Crippen LogP contribution is 2.27. The van der Waals surface area contributed by atoms with Crippen LogP contribution in [0.25, 0.3) is 10.1 Å². The van der Waals surface area contributed by atoms with E-state index in [0.717, 1.165) is 54.0 Å². The van der Waals surface area contributed by atoms with Gasteiger partial charge in [-0.1, -0.05) is 18.2 Å². The molecule has 5 heteroatoms. The molecule has 1 amide bonds. The van der Waals surface area contributed by atoms with Gasteiger partial charge in [-0.05, 0) is 44.8 Å². The summed E-state index contributed by atoms with van der Waals surface area (Å²) in [6.45, 7) is 2.72. The Morgan fingerprint density at radius 3 is 2.72 bits per heavy atom. The molecule has 3 rings (SSSR count). The number of thiophene rings is 1. The van der Waals surface area contributed by atoms with E-state index in [2.05, 4.69) is 5.32 Å². The van der Waals surface area contributed by atoms with Crippen molar-refractivity contribution in [3.8, 4) is 0 Å².